The Morgan fingerprint density at radius 2 is 1.89 bits per heavy atom. The summed E-state index contributed by atoms with van der Waals surface area (Å²) < 4.78 is 35.5. The number of hydrogen-bond acceptors (Lipinski definition) is 6. The minimum atomic E-state index is -3.52. The normalized spacial score (nSPS) is 15.5. The number of unbranched alkanes of at least 4 members (excludes halogenated alkanes) is 2. The summed E-state index contributed by atoms with van der Waals surface area (Å²) in [5, 5.41) is 2.02. The van der Waals surface area contributed by atoms with Crippen LogP contribution < -0.4 is 9.46 Å². The van der Waals surface area contributed by atoms with Gasteiger partial charge in [0, 0.05) is 50.4 Å². The van der Waals surface area contributed by atoms with E-state index in [1.165, 1.54) is 19.3 Å². The summed E-state index contributed by atoms with van der Waals surface area (Å²) in [5.74, 6) is 1.57. The van der Waals surface area contributed by atoms with Crippen molar-refractivity contribution < 1.29 is 13.2 Å². The molecular weight excluding hydrogens is 482 g/mol. The van der Waals surface area contributed by atoms with Gasteiger partial charge in [-0.3, -0.25) is 0 Å². The van der Waals surface area contributed by atoms with Gasteiger partial charge in [-0.05, 0) is 48.7 Å². The van der Waals surface area contributed by atoms with Crippen LogP contribution in [-0.2, 0) is 16.6 Å². The third kappa shape index (κ3) is 6.71. The standard InChI is InChI=1S/C25H35N5O3S2/c1-3-4-5-14-29-15-17-30(18-16-29)35(31,32)26-13-12-22-24(20-8-10-21(33-2)11-9-20)28-25(27-22)23-7-6-19-34-23/h6-11,19,26H,3-5,12-18H2,1-2H3,(H,27,28). The van der Waals surface area contributed by atoms with Gasteiger partial charge in [0.05, 0.1) is 17.7 Å². The van der Waals surface area contributed by atoms with Crippen molar-refractivity contribution >= 4 is 21.5 Å². The minimum Gasteiger partial charge on any atom is -0.497 e. The molecule has 3 aromatic rings. The van der Waals surface area contributed by atoms with Gasteiger partial charge in [0.1, 0.15) is 11.6 Å². The maximum atomic E-state index is 12.9. The van der Waals surface area contributed by atoms with Crippen molar-refractivity contribution in [1.29, 1.82) is 0 Å². The van der Waals surface area contributed by atoms with Crippen molar-refractivity contribution in [3.63, 3.8) is 0 Å². The van der Waals surface area contributed by atoms with E-state index in [4.69, 9.17) is 9.72 Å². The SMILES string of the molecule is CCCCCN1CCN(S(=O)(=O)NCCc2[nH]c(-c3cccs3)nc2-c2ccc(OC)cc2)CC1. The van der Waals surface area contributed by atoms with E-state index in [9.17, 15) is 8.42 Å². The van der Waals surface area contributed by atoms with Gasteiger partial charge < -0.3 is 14.6 Å². The Morgan fingerprint density at radius 3 is 2.54 bits per heavy atom. The lowest BCUT2D eigenvalue weighted by molar-refractivity contribution is 0.184. The maximum absolute atomic E-state index is 12.9. The zero-order valence-electron chi connectivity index (χ0n) is 20.5. The molecular formula is C25H35N5O3S2. The molecule has 1 aromatic carbocycles. The maximum Gasteiger partial charge on any atom is 0.279 e. The van der Waals surface area contributed by atoms with Crippen LogP contribution in [0.5, 0.6) is 5.75 Å². The zero-order valence-corrected chi connectivity index (χ0v) is 22.1. The number of aromatic amines is 1. The first-order valence-electron chi connectivity index (χ1n) is 12.2. The molecule has 0 bridgehead atoms. The lowest BCUT2D eigenvalue weighted by atomic mass is 10.1. The van der Waals surface area contributed by atoms with E-state index in [1.54, 1.807) is 22.8 Å². The van der Waals surface area contributed by atoms with Crippen LogP contribution in [0, 0.1) is 0 Å². The first kappa shape index (κ1) is 25.8. The summed E-state index contributed by atoms with van der Waals surface area (Å²) in [6.45, 7) is 6.19. The number of rotatable bonds is 12. The van der Waals surface area contributed by atoms with Crippen LogP contribution in [0.2, 0.25) is 0 Å². The second-order valence-corrected chi connectivity index (χ2v) is 11.4. The van der Waals surface area contributed by atoms with E-state index in [2.05, 4.69) is 21.5 Å². The molecule has 1 aliphatic rings. The van der Waals surface area contributed by atoms with Gasteiger partial charge in [-0.1, -0.05) is 25.8 Å². The van der Waals surface area contributed by atoms with Gasteiger partial charge in [-0.15, -0.1) is 11.3 Å². The predicted molar refractivity (Wildman–Crippen MR) is 142 cm³/mol. The minimum absolute atomic E-state index is 0.300. The Morgan fingerprint density at radius 1 is 1.11 bits per heavy atom. The monoisotopic (exact) mass is 517 g/mol. The van der Waals surface area contributed by atoms with E-state index in [0.717, 1.165) is 53.0 Å². The quantitative estimate of drug-likeness (QED) is 0.355. The molecule has 0 amide bonds. The molecule has 0 radical (unpaired) electrons. The molecule has 2 aromatic heterocycles. The van der Waals surface area contributed by atoms with Crippen molar-refractivity contribution in [3.8, 4) is 27.7 Å². The Labute approximate surface area is 212 Å². The van der Waals surface area contributed by atoms with Crippen LogP contribution in [0.3, 0.4) is 0 Å². The average molecular weight is 518 g/mol. The molecule has 1 saturated heterocycles. The number of piperazine rings is 1. The Hall–Kier alpha value is -2.24. The van der Waals surface area contributed by atoms with Crippen LogP contribution in [0.25, 0.3) is 22.0 Å². The van der Waals surface area contributed by atoms with Gasteiger partial charge >= 0.3 is 0 Å². The summed E-state index contributed by atoms with van der Waals surface area (Å²) in [6.07, 6.45) is 4.11. The van der Waals surface area contributed by atoms with Gasteiger partial charge in [-0.2, -0.15) is 12.7 Å². The van der Waals surface area contributed by atoms with Crippen LogP contribution in [-0.4, -0.2) is 74.0 Å². The number of aromatic nitrogens is 2. The largest absolute Gasteiger partial charge is 0.497 e. The Kier molecular flexibility index (Phi) is 8.96. The average Bonchev–Trinajstić information content (AvgIpc) is 3.55. The van der Waals surface area contributed by atoms with Crippen molar-refractivity contribution in [3.05, 3.63) is 47.5 Å². The molecule has 0 unspecified atom stereocenters. The van der Waals surface area contributed by atoms with Crippen LogP contribution in [0.4, 0.5) is 0 Å². The fourth-order valence-corrected chi connectivity index (χ4v) is 6.14. The molecule has 1 fully saturated rings. The Balaban J connectivity index is 1.39. The highest BCUT2D eigenvalue weighted by Gasteiger charge is 2.26. The van der Waals surface area contributed by atoms with Crippen molar-refractivity contribution in [2.75, 3.05) is 46.4 Å². The number of H-pyrrole nitrogens is 1. The molecule has 10 heteroatoms. The third-order valence-electron chi connectivity index (χ3n) is 6.31. The molecule has 35 heavy (non-hydrogen) atoms. The molecule has 0 spiro atoms. The van der Waals surface area contributed by atoms with E-state index < -0.39 is 10.2 Å². The summed E-state index contributed by atoms with van der Waals surface area (Å²) in [7, 11) is -1.88. The van der Waals surface area contributed by atoms with Crippen LogP contribution in [0.1, 0.15) is 31.9 Å². The number of nitrogens with one attached hydrogen (secondary N) is 2. The highest BCUT2D eigenvalue weighted by molar-refractivity contribution is 7.87. The van der Waals surface area contributed by atoms with Crippen LogP contribution >= 0.6 is 11.3 Å². The molecule has 190 valence electrons. The number of benzene rings is 1. The number of hydrogen-bond donors (Lipinski definition) is 2. The fourth-order valence-electron chi connectivity index (χ4n) is 4.28. The van der Waals surface area contributed by atoms with Gasteiger partial charge in [0.25, 0.3) is 10.2 Å². The number of imidazole rings is 1. The molecule has 0 atom stereocenters. The third-order valence-corrected chi connectivity index (χ3v) is 8.80. The molecule has 0 saturated carbocycles. The summed E-state index contributed by atoms with van der Waals surface area (Å²) in [5.41, 5.74) is 2.69. The fraction of sp³-hybridized carbons (Fsp3) is 0.480. The molecule has 8 nitrogen and oxygen atoms in total. The predicted octanol–water partition coefficient (Wildman–Crippen LogP) is 4.00. The second kappa shape index (κ2) is 12.1. The molecule has 1 aliphatic heterocycles. The lowest BCUT2D eigenvalue weighted by Gasteiger charge is -2.33. The number of ether oxygens (including phenoxy) is 1. The first-order chi connectivity index (χ1) is 17.0. The summed E-state index contributed by atoms with van der Waals surface area (Å²) >= 11 is 1.62. The second-order valence-electron chi connectivity index (χ2n) is 8.72. The summed E-state index contributed by atoms with van der Waals surface area (Å²) in [4.78, 5) is 11.7. The van der Waals surface area contributed by atoms with Crippen molar-refractivity contribution in [1.82, 2.24) is 23.9 Å². The highest BCUT2D eigenvalue weighted by Crippen LogP contribution is 2.29. The van der Waals surface area contributed by atoms with E-state index in [0.29, 0.717) is 26.1 Å². The smallest absolute Gasteiger partial charge is 0.279 e. The van der Waals surface area contributed by atoms with Crippen molar-refractivity contribution in [2.45, 2.75) is 32.6 Å². The van der Waals surface area contributed by atoms with Gasteiger partial charge in [0.2, 0.25) is 0 Å². The van der Waals surface area contributed by atoms with E-state index in [1.807, 2.05) is 41.8 Å². The molecule has 4 rings (SSSR count). The number of thiophene rings is 1. The van der Waals surface area contributed by atoms with Crippen LogP contribution in [0.15, 0.2) is 41.8 Å². The molecule has 3 heterocycles. The highest BCUT2D eigenvalue weighted by atomic mass is 32.2. The molecule has 2 N–H and O–H groups in total. The Bertz CT molecular complexity index is 1150. The molecule has 0 aliphatic carbocycles. The van der Waals surface area contributed by atoms with Gasteiger partial charge in [0.15, 0.2) is 0 Å². The van der Waals surface area contributed by atoms with E-state index >= 15 is 0 Å². The topological polar surface area (TPSA) is 90.6 Å². The zero-order chi connectivity index (χ0) is 24.7. The van der Waals surface area contributed by atoms with Gasteiger partial charge in [-0.25, -0.2) is 9.71 Å². The van der Waals surface area contributed by atoms with Crippen molar-refractivity contribution in [2.24, 2.45) is 0 Å². The summed E-state index contributed by atoms with van der Waals surface area (Å²) in [6, 6.07) is 11.8. The number of nitrogens with zero attached hydrogens (tertiary/aromatic N) is 3. The van der Waals surface area contributed by atoms with E-state index in [-0.39, 0.29) is 0 Å². The first-order valence-corrected chi connectivity index (χ1v) is 14.6. The number of methoxy groups -OCH3 is 1. The lowest BCUT2D eigenvalue weighted by Crippen LogP contribution is -2.52.